The van der Waals surface area contributed by atoms with Crippen LogP contribution in [0.2, 0.25) is 0 Å². The van der Waals surface area contributed by atoms with Crippen LogP contribution in [0.4, 0.5) is 0 Å². The van der Waals surface area contributed by atoms with Crippen LogP contribution >= 0.6 is 0 Å². The Labute approximate surface area is 194 Å². The Morgan fingerprint density at radius 3 is 2.73 bits per heavy atom. The molecule has 2 aromatic carbocycles. The number of para-hydroxylation sites is 2. The highest BCUT2D eigenvalue weighted by Gasteiger charge is 2.44. The van der Waals surface area contributed by atoms with E-state index in [2.05, 4.69) is 29.0 Å². The summed E-state index contributed by atoms with van der Waals surface area (Å²) in [5.41, 5.74) is 2.63. The van der Waals surface area contributed by atoms with Gasteiger partial charge in [-0.3, -0.25) is 4.79 Å². The minimum atomic E-state index is -0.444. The van der Waals surface area contributed by atoms with Gasteiger partial charge in [0.1, 0.15) is 17.6 Å². The van der Waals surface area contributed by atoms with Gasteiger partial charge in [-0.2, -0.15) is 5.26 Å². The van der Waals surface area contributed by atoms with E-state index in [0.717, 1.165) is 23.6 Å². The second-order valence-corrected chi connectivity index (χ2v) is 8.78. The highest BCUT2D eigenvalue weighted by atomic mass is 16.5. The molecule has 0 saturated carbocycles. The molecule has 0 aliphatic carbocycles. The molecule has 6 nitrogen and oxygen atoms in total. The average Bonchev–Trinajstić information content (AvgIpc) is 3.36. The van der Waals surface area contributed by atoms with Crippen LogP contribution in [0.5, 0.6) is 11.5 Å². The van der Waals surface area contributed by atoms with E-state index in [9.17, 15) is 10.1 Å². The molecular weight excluding hydrogens is 414 g/mol. The van der Waals surface area contributed by atoms with E-state index >= 15 is 0 Å². The summed E-state index contributed by atoms with van der Waals surface area (Å²) in [5, 5.41) is 9.57. The van der Waals surface area contributed by atoms with E-state index in [0.29, 0.717) is 42.8 Å². The van der Waals surface area contributed by atoms with Crippen LogP contribution in [0.25, 0.3) is 5.69 Å². The lowest BCUT2D eigenvalue weighted by Gasteiger charge is -2.45. The number of amides is 1. The molecule has 5 rings (SSSR count). The molecule has 0 bridgehead atoms. The summed E-state index contributed by atoms with van der Waals surface area (Å²) in [5.74, 6) is 1.33. The van der Waals surface area contributed by atoms with E-state index in [1.807, 2.05) is 43.0 Å². The number of ether oxygens (including phenoxy) is 2. The van der Waals surface area contributed by atoms with Crippen molar-refractivity contribution in [2.45, 2.75) is 44.8 Å². The second-order valence-electron chi connectivity index (χ2n) is 8.78. The maximum atomic E-state index is 13.3. The number of likely N-dealkylation sites (tertiary alicyclic amines) is 1. The molecule has 1 atom stereocenters. The van der Waals surface area contributed by atoms with Crippen molar-refractivity contribution in [2.75, 3.05) is 13.1 Å². The third kappa shape index (κ3) is 3.64. The SMILES string of the molecule is CC[C@H](C)Oc1ccc(C(=O)N2CCC3(CC2)Oc2ccccc2-n2cccc23)cc1C#N. The number of hydrogen-bond acceptors (Lipinski definition) is 4. The van der Waals surface area contributed by atoms with Crippen molar-refractivity contribution in [3.8, 4) is 23.3 Å². The number of carbonyl (C=O) groups is 1. The molecular formula is C27H27N3O3. The first-order chi connectivity index (χ1) is 16.0. The van der Waals surface area contributed by atoms with Gasteiger partial charge >= 0.3 is 0 Å². The first-order valence-corrected chi connectivity index (χ1v) is 11.5. The van der Waals surface area contributed by atoms with Crippen molar-refractivity contribution in [3.63, 3.8) is 0 Å². The van der Waals surface area contributed by atoms with Gasteiger partial charge in [-0.25, -0.2) is 0 Å². The molecule has 1 aromatic heterocycles. The minimum Gasteiger partial charge on any atom is -0.489 e. The fourth-order valence-electron chi connectivity index (χ4n) is 4.73. The van der Waals surface area contributed by atoms with Crippen LogP contribution in [-0.4, -0.2) is 34.6 Å². The zero-order valence-corrected chi connectivity index (χ0v) is 19.0. The van der Waals surface area contributed by atoms with E-state index in [1.54, 1.807) is 18.2 Å². The summed E-state index contributed by atoms with van der Waals surface area (Å²) in [4.78, 5) is 15.1. The molecule has 1 fully saturated rings. The smallest absolute Gasteiger partial charge is 0.253 e. The van der Waals surface area contributed by atoms with Crippen molar-refractivity contribution in [1.82, 2.24) is 9.47 Å². The fourth-order valence-corrected chi connectivity index (χ4v) is 4.73. The largest absolute Gasteiger partial charge is 0.489 e. The first kappa shape index (κ1) is 21.1. The Balaban J connectivity index is 1.34. The van der Waals surface area contributed by atoms with Gasteiger partial charge in [0.15, 0.2) is 5.60 Å². The third-order valence-electron chi connectivity index (χ3n) is 6.75. The maximum Gasteiger partial charge on any atom is 0.253 e. The Bertz CT molecular complexity index is 1230. The lowest BCUT2D eigenvalue weighted by Crippen LogP contribution is -2.50. The number of hydrogen-bond donors (Lipinski definition) is 0. The highest BCUT2D eigenvalue weighted by molar-refractivity contribution is 5.95. The van der Waals surface area contributed by atoms with Gasteiger partial charge in [-0.05, 0) is 55.8 Å². The van der Waals surface area contributed by atoms with Crippen molar-refractivity contribution in [1.29, 1.82) is 5.26 Å². The summed E-state index contributed by atoms with van der Waals surface area (Å²) in [6, 6.07) is 19.5. The monoisotopic (exact) mass is 441 g/mol. The van der Waals surface area contributed by atoms with Gasteiger partial charge in [0, 0.05) is 37.7 Å². The number of benzene rings is 2. The molecule has 3 aromatic rings. The summed E-state index contributed by atoms with van der Waals surface area (Å²) >= 11 is 0. The van der Waals surface area contributed by atoms with Crippen molar-refractivity contribution in [3.05, 3.63) is 77.6 Å². The van der Waals surface area contributed by atoms with Gasteiger partial charge < -0.3 is 18.9 Å². The van der Waals surface area contributed by atoms with Crippen molar-refractivity contribution < 1.29 is 14.3 Å². The van der Waals surface area contributed by atoms with Crippen LogP contribution in [0.3, 0.4) is 0 Å². The average molecular weight is 442 g/mol. The van der Waals surface area contributed by atoms with Crippen molar-refractivity contribution in [2.24, 2.45) is 0 Å². The number of nitriles is 1. The quantitative estimate of drug-likeness (QED) is 0.568. The maximum absolute atomic E-state index is 13.3. The predicted octanol–water partition coefficient (Wildman–Crippen LogP) is 5.05. The first-order valence-electron chi connectivity index (χ1n) is 11.5. The molecule has 0 unspecified atom stereocenters. The number of carbonyl (C=O) groups excluding carboxylic acids is 1. The number of aromatic nitrogens is 1. The minimum absolute atomic E-state index is 0.0107. The van der Waals surface area contributed by atoms with Crippen LogP contribution in [0.1, 0.15) is 54.7 Å². The Kier molecular flexibility index (Phi) is 5.33. The number of rotatable bonds is 4. The van der Waals surface area contributed by atoms with E-state index in [1.165, 1.54) is 0 Å². The summed E-state index contributed by atoms with van der Waals surface area (Å²) in [7, 11) is 0. The van der Waals surface area contributed by atoms with Crippen LogP contribution in [-0.2, 0) is 5.60 Å². The van der Waals surface area contributed by atoms with E-state index < -0.39 is 5.60 Å². The molecule has 33 heavy (non-hydrogen) atoms. The molecule has 0 radical (unpaired) electrons. The van der Waals surface area contributed by atoms with E-state index in [4.69, 9.17) is 9.47 Å². The number of fused-ring (bicyclic) bond motifs is 4. The van der Waals surface area contributed by atoms with Crippen LogP contribution in [0.15, 0.2) is 60.8 Å². The molecule has 3 heterocycles. The van der Waals surface area contributed by atoms with Crippen LogP contribution < -0.4 is 9.47 Å². The van der Waals surface area contributed by atoms with Crippen LogP contribution in [0, 0.1) is 11.3 Å². The molecule has 2 aliphatic rings. The van der Waals surface area contributed by atoms with E-state index in [-0.39, 0.29) is 12.0 Å². The lowest BCUT2D eigenvalue weighted by molar-refractivity contribution is -0.00931. The van der Waals surface area contributed by atoms with Gasteiger partial charge in [0.25, 0.3) is 5.91 Å². The molecule has 1 saturated heterocycles. The summed E-state index contributed by atoms with van der Waals surface area (Å²) in [6.07, 6.45) is 4.34. The summed E-state index contributed by atoms with van der Waals surface area (Å²) < 4.78 is 14.6. The number of nitrogens with zero attached hydrogens (tertiary/aromatic N) is 3. The topological polar surface area (TPSA) is 67.5 Å². The van der Waals surface area contributed by atoms with Gasteiger partial charge in [-0.1, -0.05) is 19.1 Å². The molecule has 6 heteroatoms. The fraction of sp³-hybridized carbons (Fsp3) is 0.333. The Morgan fingerprint density at radius 1 is 1.18 bits per heavy atom. The molecule has 0 N–H and O–H groups in total. The third-order valence-corrected chi connectivity index (χ3v) is 6.75. The second kappa shape index (κ2) is 8.32. The summed E-state index contributed by atoms with van der Waals surface area (Å²) in [6.45, 7) is 5.16. The number of piperidine rings is 1. The zero-order chi connectivity index (χ0) is 23.0. The van der Waals surface area contributed by atoms with Gasteiger partial charge in [-0.15, -0.1) is 0 Å². The Hall–Kier alpha value is -3.72. The molecule has 2 aliphatic heterocycles. The Morgan fingerprint density at radius 2 is 1.97 bits per heavy atom. The standard InChI is InChI=1S/C27H27N3O3/c1-3-19(2)32-23-11-10-20(17-21(23)18-28)26(31)29-15-12-27(13-16-29)25-9-6-14-30(25)22-7-4-5-8-24(22)33-27/h4-11,14,17,19H,3,12-13,15-16H2,1-2H3/t19-/m0/s1. The van der Waals surface area contributed by atoms with Crippen molar-refractivity contribution >= 4 is 5.91 Å². The molecule has 1 amide bonds. The zero-order valence-electron chi connectivity index (χ0n) is 19.0. The lowest BCUT2D eigenvalue weighted by atomic mass is 9.86. The van der Waals surface area contributed by atoms with Gasteiger partial charge in [0.2, 0.25) is 0 Å². The predicted molar refractivity (Wildman–Crippen MR) is 125 cm³/mol. The van der Waals surface area contributed by atoms with Gasteiger partial charge in [0.05, 0.1) is 23.0 Å². The normalized spacial score (nSPS) is 16.8. The molecule has 168 valence electrons. The molecule has 1 spiro atoms. The highest BCUT2D eigenvalue weighted by Crippen LogP contribution is 2.45.